The van der Waals surface area contributed by atoms with Gasteiger partial charge >= 0.3 is 0 Å². The normalized spacial score (nSPS) is 25.1. The molecule has 1 heterocycles. The van der Waals surface area contributed by atoms with Gasteiger partial charge in [0.2, 0.25) is 0 Å². The van der Waals surface area contributed by atoms with Crippen molar-refractivity contribution in [3.05, 3.63) is 29.8 Å². The van der Waals surface area contributed by atoms with E-state index >= 15 is 0 Å². The molecule has 1 saturated heterocycles. The molecule has 0 amide bonds. The van der Waals surface area contributed by atoms with Gasteiger partial charge in [0, 0.05) is 12.5 Å². The van der Waals surface area contributed by atoms with Gasteiger partial charge in [-0.1, -0.05) is 12.1 Å². The molecule has 3 heteroatoms. The third-order valence-electron chi connectivity index (χ3n) is 2.76. The van der Waals surface area contributed by atoms with Crippen LogP contribution in [0.25, 0.3) is 0 Å². The van der Waals surface area contributed by atoms with Gasteiger partial charge in [-0.2, -0.15) is 0 Å². The first-order valence-corrected chi connectivity index (χ1v) is 5.06. The van der Waals surface area contributed by atoms with E-state index in [1.54, 1.807) is 7.11 Å². The van der Waals surface area contributed by atoms with Crippen LogP contribution in [0.15, 0.2) is 24.3 Å². The average Bonchev–Trinajstić information content (AvgIpc) is 2.77. The number of carbonyl (C=O) groups is 1. The SMILES string of the molecule is COc1ccc(C2OCCC2C=O)cc1. The molecule has 0 bridgehead atoms. The maximum absolute atomic E-state index is 10.8. The van der Waals surface area contributed by atoms with E-state index in [-0.39, 0.29) is 12.0 Å². The molecule has 1 aromatic carbocycles. The van der Waals surface area contributed by atoms with E-state index in [0.29, 0.717) is 6.61 Å². The van der Waals surface area contributed by atoms with Crippen molar-refractivity contribution in [3.8, 4) is 5.75 Å². The molecule has 0 saturated carbocycles. The number of aldehydes is 1. The van der Waals surface area contributed by atoms with Crippen molar-refractivity contribution in [2.45, 2.75) is 12.5 Å². The summed E-state index contributed by atoms with van der Waals surface area (Å²) in [6.07, 6.45) is 1.73. The molecular formula is C12H14O3. The standard InChI is InChI=1S/C12H14O3/c1-14-11-4-2-9(3-5-11)12-10(8-13)6-7-15-12/h2-5,8,10,12H,6-7H2,1H3. The predicted molar refractivity (Wildman–Crippen MR) is 55.9 cm³/mol. The van der Waals surface area contributed by atoms with Crippen molar-refractivity contribution in [1.82, 2.24) is 0 Å². The first-order valence-electron chi connectivity index (χ1n) is 5.06. The summed E-state index contributed by atoms with van der Waals surface area (Å²) in [7, 11) is 1.63. The Balaban J connectivity index is 2.17. The zero-order valence-electron chi connectivity index (χ0n) is 8.68. The Morgan fingerprint density at radius 3 is 2.73 bits per heavy atom. The van der Waals surface area contributed by atoms with Crippen LogP contribution in [0.4, 0.5) is 0 Å². The fourth-order valence-corrected chi connectivity index (χ4v) is 1.88. The lowest BCUT2D eigenvalue weighted by molar-refractivity contribution is -0.112. The number of hydrogen-bond donors (Lipinski definition) is 0. The van der Waals surface area contributed by atoms with Crippen molar-refractivity contribution in [2.75, 3.05) is 13.7 Å². The molecule has 2 unspecified atom stereocenters. The van der Waals surface area contributed by atoms with Crippen LogP contribution in [0, 0.1) is 5.92 Å². The third-order valence-corrected chi connectivity index (χ3v) is 2.76. The van der Waals surface area contributed by atoms with E-state index in [1.807, 2.05) is 24.3 Å². The Morgan fingerprint density at radius 1 is 1.40 bits per heavy atom. The highest BCUT2D eigenvalue weighted by atomic mass is 16.5. The first-order chi connectivity index (χ1) is 7.35. The highest BCUT2D eigenvalue weighted by Crippen LogP contribution is 2.33. The van der Waals surface area contributed by atoms with Crippen molar-refractivity contribution in [1.29, 1.82) is 0 Å². The zero-order chi connectivity index (χ0) is 10.7. The molecule has 1 fully saturated rings. The lowest BCUT2D eigenvalue weighted by Crippen LogP contribution is -2.08. The minimum atomic E-state index is -0.0755. The van der Waals surface area contributed by atoms with Crippen molar-refractivity contribution < 1.29 is 14.3 Å². The van der Waals surface area contributed by atoms with Gasteiger partial charge in [0.25, 0.3) is 0 Å². The van der Waals surface area contributed by atoms with E-state index in [4.69, 9.17) is 9.47 Å². The molecule has 0 N–H and O–H groups in total. The summed E-state index contributed by atoms with van der Waals surface area (Å²) < 4.78 is 10.6. The predicted octanol–water partition coefficient (Wildman–Crippen LogP) is 1.97. The summed E-state index contributed by atoms with van der Waals surface area (Å²) >= 11 is 0. The Labute approximate surface area is 89.0 Å². The topological polar surface area (TPSA) is 35.5 Å². The molecule has 1 aliphatic rings. The molecule has 80 valence electrons. The highest BCUT2D eigenvalue weighted by Gasteiger charge is 2.28. The minimum Gasteiger partial charge on any atom is -0.497 e. The molecule has 15 heavy (non-hydrogen) atoms. The van der Waals surface area contributed by atoms with Crippen LogP contribution in [0.3, 0.4) is 0 Å². The van der Waals surface area contributed by atoms with E-state index in [9.17, 15) is 4.79 Å². The summed E-state index contributed by atoms with van der Waals surface area (Å²) in [6, 6.07) is 7.67. The van der Waals surface area contributed by atoms with Gasteiger partial charge in [0.05, 0.1) is 13.2 Å². The fraction of sp³-hybridized carbons (Fsp3) is 0.417. The Hall–Kier alpha value is -1.35. The van der Waals surface area contributed by atoms with Gasteiger partial charge < -0.3 is 14.3 Å². The molecule has 1 aromatic rings. The number of ether oxygens (including phenoxy) is 2. The second-order valence-corrected chi connectivity index (χ2v) is 3.65. The molecule has 2 atom stereocenters. The molecule has 0 aliphatic carbocycles. The van der Waals surface area contributed by atoms with Crippen LogP contribution in [-0.4, -0.2) is 20.0 Å². The molecule has 0 spiro atoms. The van der Waals surface area contributed by atoms with Crippen molar-refractivity contribution >= 4 is 6.29 Å². The molecule has 3 nitrogen and oxygen atoms in total. The molecule has 1 aliphatic heterocycles. The van der Waals surface area contributed by atoms with E-state index in [0.717, 1.165) is 24.0 Å². The lowest BCUT2D eigenvalue weighted by Gasteiger charge is -2.14. The van der Waals surface area contributed by atoms with Crippen LogP contribution in [0.5, 0.6) is 5.75 Å². The quantitative estimate of drug-likeness (QED) is 0.709. The average molecular weight is 206 g/mol. The maximum Gasteiger partial charge on any atom is 0.126 e. The Kier molecular flexibility index (Phi) is 3.02. The highest BCUT2D eigenvalue weighted by molar-refractivity contribution is 5.56. The smallest absolute Gasteiger partial charge is 0.126 e. The number of benzene rings is 1. The summed E-state index contributed by atoms with van der Waals surface area (Å²) in [5.41, 5.74) is 1.05. The summed E-state index contributed by atoms with van der Waals surface area (Å²) in [5.74, 6) is 0.817. The molecule has 0 radical (unpaired) electrons. The fourth-order valence-electron chi connectivity index (χ4n) is 1.88. The summed E-state index contributed by atoms with van der Waals surface area (Å²) in [6.45, 7) is 0.667. The van der Waals surface area contributed by atoms with E-state index < -0.39 is 0 Å². The van der Waals surface area contributed by atoms with Gasteiger partial charge in [-0.15, -0.1) is 0 Å². The Morgan fingerprint density at radius 2 is 2.13 bits per heavy atom. The van der Waals surface area contributed by atoms with Gasteiger partial charge in [-0.25, -0.2) is 0 Å². The lowest BCUT2D eigenvalue weighted by atomic mass is 9.97. The third kappa shape index (κ3) is 2.02. The number of hydrogen-bond acceptors (Lipinski definition) is 3. The van der Waals surface area contributed by atoms with Crippen molar-refractivity contribution in [2.24, 2.45) is 5.92 Å². The summed E-state index contributed by atoms with van der Waals surface area (Å²) in [4.78, 5) is 10.8. The second-order valence-electron chi connectivity index (χ2n) is 3.65. The van der Waals surface area contributed by atoms with Crippen molar-refractivity contribution in [3.63, 3.8) is 0 Å². The number of carbonyl (C=O) groups excluding carboxylic acids is 1. The number of rotatable bonds is 3. The molecule has 0 aromatic heterocycles. The van der Waals surface area contributed by atoms with Crippen LogP contribution in [0.2, 0.25) is 0 Å². The first kappa shape index (κ1) is 10.2. The van der Waals surface area contributed by atoms with E-state index in [1.165, 1.54) is 0 Å². The minimum absolute atomic E-state index is 0.00149. The molecular weight excluding hydrogens is 192 g/mol. The number of methoxy groups -OCH3 is 1. The molecule has 2 rings (SSSR count). The van der Waals surface area contributed by atoms with Gasteiger partial charge in [0.15, 0.2) is 0 Å². The van der Waals surface area contributed by atoms with Gasteiger partial charge in [0.1, 0.15) is 12.0 Å². The zero-order valence-corrected chi connectivity index (χ0v) is 8.68. The van der Waals surface area contributed by atoms with Gasteiger partial charge in [-0.05, 0) is 24.1 Å². The Bertz CT molecular complexity index is 331. The van der Waals surface area contributed by atoms with Crippen LogP contribution in [-0.2, 0) is 9.53 Å². The second kappa shape index (κ2) is 4.45. The van der Waals surface area contributed by atoms with E-state index in [2.05, 4.69) is 0 Å². The van der Waals surface area contributed by atoms with Crippen LogP contribution < -0.4 is 4.74 Å². The van der Waals surface area contributed by atoms with Gasteiger partial charge in [-0.3, -0.25) is 0 Å². The largest absolute Gasteiger partial charge is 0.497 e. The maximum atomic E-state index is 10.8. The summed E-state index contributed by atoms with van der Waals surface area (Å²) in [5, 5.41) is 0. The van der Waals surface area contributed by atoms with Crippen LogP contribution in [0.1, 0.15) is 18.1 Å². The van der Waals surface area contributed by atoms with Crippen LogP contribution >= 0.6 is 0 Å². The monoisotopic (exact) mass is 206 g/mol.